The summed E-state index contributed by atoms with van der Waals surface area (Å²) in [5.74, 6) is 0.648. The van der Waals surface area contributed by atoms with Crippen molar-refractivity contribution in [1.29, 1.82) is 0 Å². The first-order valence-corrected chi connectivity index (χ1v) is 8.93. The third-order valence-corrected chi connectivity index (χ3v) is 5.25. The van der Waals surface area contributed by atoms with Crippen LogP contribution in [0.4, 0.5) is 0 Å². The van der Waals surface area contributed by atoms with Crippen molar-refractivity contribution in [2.75, 3.05) is 45.9 Å². The number of carbonyl (C=O) groups excluding carboxylic acids is 1. The van der Waals surface area contributed by atoms with Gasteiger partial charge in [0.05, 0.1) is 23.8 Å². The second kappa shape index (κ2) is 7.84. The van der Waals surface area contributed by atoms with Gasteiger partial charge >= 0.3 is 0 Å². The zero-order chi connectivity index (χ0) is 16.2. The molecule has 0 saturated carbocycles. The Morgan fingerprint density at radius 1 is 1.13 bits per heavy atom. The van der Waals surface area contributed by atoms with Crippen LogP contribution in [0.1, 0.15) is 23.2 Å². The van der Waals surface area contributed by atoms with Crippen molar-refractivity contribution in [2.24, 2.45) is 5.92 Å². The minimum Gasteiger partial charge on any atom is -0.379 e. The Balaban J connectivity index is 1.53. The van der Waals surface area contributed by atoms with Crippen molar-refractivity contribution in [1.82, 2.24) is 9.80 Å². The van der Waals surface area contributed by atoms with Crippen LogP contribution in [0.2, 0.25) is 10.0 Å². The number of benzene rings is 1. The van der Waals surface area contributed by atoms with Gasteiger partial charge in [-0.3, -0.25) is 9.69 Å². The number of halogens is 2. The van der Waals surface area contributed by atoms with E-state index in [-0.39, 0.29) is 5.91 Å². The van der Waals surface area contributed by atoms with E-state index in [0.717, 1.165) is 58.8 Å². The van der Waals surface area contributed by atoms with Gasteiger partial charge in [-0.15, -0.1) is 0 Å². The van der Waals surface area contributed by atoms with Crippen molar-refractivity contribution in [3.05, 3.63) is 33.8 Å². The van der Waals surface area contributed by atoms with Crippen LogP contribution in [-0.4, -0.2) is 61.6 Å². The third kappa shape index (κ3) is 4.38. The molecule has 1 amide bonds. The van der Waals surface area contributed by atoms with E-state index in [1.165, 1.54) is 0 Å². The van der Waals surface area contributed by atoms with E-state index in [0.29, 0.717) is 21.5 Å². The highest BCUT2D eigenvalue weighted by Gasteiger charge is 2.26. The average Bonchev–Trinajstić information content (AvgIpc) is 2.58. The molecule has 1 aromatic rings. The van der Waals surface area contributed by atoms with Crippen LogP contribution in [0.5, 0.6) is 0 Å². The summed E-state index contributed by atoms with van der Waals surface area (Å²) >= 11 is 12.1. The molecule has 0 radical (unpaired) electrons. The molecule has 0 spiro atoms. The molecule has 6 heteroatoms. The van der Waals surface area contributed by atoms with E-state index < -0.39 is 0 Å². The molecule has 0 aliphatic carbocycles. The molecule has 3 rings (SSSR count). The fraction of sp³-hybridized carbons (Fsp3) is 0.588. The van der Waals surface area contributed by atoms with Crippen LogP contribution in [0, 0.1) is 5.92 Å². The molecule has 0 bridgehead atoms. The molecule has 4 nitrogen and oxygen atoms in total. The quantitative estimate of drug-likeness (QED) is 0.833. The number of hydrogen-bond acceptors (Lipinski definition) is 3. The summed E-state index contributed by atoms with van der Waals surface area (Å²) in [5, 5.41) is 1.01. The first-order valence-electron chi connectivity index (χ1n) is 8.18. The highest BCUT2D eigenvalue weighted by molar-refractivity contribution is 6.35. The molecule has 0 unspecified atom stereocenters. The number of nitrogens with zero attached hydrogens (tertiary/aromatic N) is 2. The van der Waals surface area contributed by atoms with Crippen LogP contribution in [0.3, 0.4) is 0 Å². The number of rotatable bonds is 3. The van der Waals surface area contributed by atoms with Crippen LogP contribution in [-0.2, 0) is 4.74 Å². The Morgan fingerprint density at radius 2 is 1.83 bits per heavy atom. The molecular formula is C17H22Cl2N2O2. The van der Waals surface area contributed by atoms with Gasteiger partial charge in [-0.25, -0.2) is 0 Å². The zero-order valence-electron chi connectivity index (χ0n) is 13.1. The van der Waals surface area contributed by atoms with E-state index >= 15 is 0 Å². The minimum atomic E-state index is -0.0117. The average molecular weight is 357 g/mol. The van der Waals surface area contributed by atoms with Gasteiger partial charge in [-0.05, 0) is 37.0 Å². The van der Waals surface area contributed by atoms with Crippen molar-refractivity contribution in [2.45, 2.75) is 12.8 Å². The van der Waals surface area contributed by atoms with Gasteiger partial charge in [0.15, 0.2) is 0 Å². The first-order chi connectivity index (χ1) is 11.1. The number of morpholine rings is 1. The summed E-state index contributed by atoms with van der Waals surface area (Å²) in [7, 11) is 0. The number of piperidine rings is 1. The van der Waals surface area contributed by atoms with Crippen molar-refractivity contribution < 1.29 is 9.53 Å². The summed E-state index contributed by atoms with van der Waals surface area (Å²) in [5.41, 5.74) is 0.505. The lowest BCUT2D eigenvalue weighted by Gasteiger charge is -2.36. The maximum atomic E-state index is 12.6. The summed E-state index contributed by atoms with van der Waals surface area (Å²) < 4.78 is 5.39. The van der Waals surface area contributed by atoms with Gasteiger partial charge < -0.3 is 9.64 Å². The van der Waals surface area contributed by atoms with E-state index in [4.69, 9.17) is 27.9 Å². The second-order valence-corrected chi connectivity index (χ2v) is 7.12. The molecule has 2 heterocycles. The summed E-state index contributed by atoms with van der Waals surface area (Å²) in [6.45, 7) is 6.42. The molecule has 126 valence electrons. The number of carbonyl (C=O) groups is 1. The van der Waals surface area contributed by atoms with E-state index in [2.05, 4.69) is 4.90 Å². The van der Waals surface area contributed by atoms with Crippen LogP contribution in [0.25, 0.3) is 0 Å². The standard InChI is InChI=1S/C17H22Cl2N2O2/c18-14-1-2-16(19)15(11-14)17(22)21-5-3-13(4-6-21)12-20-7-9-23-10-8-20/h1-2,11,13H,3-10,12H2. The second-order valence-electron chi connectivity index (χ2n) is 6.27. The molecule has 2 saturated heterocycles. The maximum absolute atomic E-state index is 12.6. The Labute approximate surface area is 147 Å². The number of amides is 1. The molecule has 2 aliphatic rings. The molecule has 0 N–H and O–H groups in total. The Morgan fingerprint density at radius 3 is 2.52 bits per heavy atom. The van der Waals surface area contributed by atoms with E-state index in [1.807, 2.05) is 4.90 Å². The fourth-order valence-corrected chi connectivity index (χ4v) is 3.67. The molecule has 0 aromatic heterocycles. The molecule has 1 aromatic carbocycles. The highest BCUT2D eigenvalue weighted by atomic mass is 35.5. The van der Waals surface area contributed by atoms with E-state index in [1.54, 1.807) is 18.2 Å². The van der Waals surface area contributed by atoms with Crippen LogP contribution >= 0.6 is 23.2 Å². The number of likely N-dealkylation sites (tertiary alicyclic amines) is 1. The van der Waals surface area contributed by atoms with E-state index in [9.17, 15) is 4.79 Å². The normalized spacial score (nSPS) is 20.7. The van der Waals surface area contributed by atoms with Crippen LogP contribution < -0.4 is 0 Å². The Hall–Kier alpha value is -0.810. The summed E-state index contributed by atoms with van der Waals surface area (Å²) in [6.07, 6.45) is 2.09. The maximum Gasteiger partial charge on any atom is 0.255 e. The van der Waals surface area contributed by atoms with Gasteiger partial charge in [0.2, 0.25) is 0 Å². The topological polar surface area (TPSA) is 32.8 Å². The molecule has 0 atom stereocenters. The smallest absolute Gasteiger partial charge is 0.255 e. The van der Waals surface area contributed by atoms with Gasteiger partial charge in [-0.1, -0.05) is 23.2 Å². The number of hydrogen-bond donors (Lipinski definition) is 0. The molecule has 2 fully saturated rings. The molecule has 23 heavy (non-hydrogen) atoms. The molecule has 2 aliphatic heterocycles. The van der Waals surface area contributed by atoms with Crippen molar-refractivity contribution >= 4 is 29.1 Å². The number of ether oxygens (including phenoxy) is 1. The van der Waals surface area contributed by atoms with Crippen LogP contribution in [0.15, 0.2) is 18.2 Å². The Bertz CT molecular complexity index is 554. The highest BCUT2D eigenvalue weighted by Crippen LogP contribution is 2.25. The van der Waals surface area contributed by atoms with Gasteiger partial charge in [-0.2, -0.15) is 0 Å². The lowest BCUT2D eigenvalue weighted by Crippen LogP contribution is -2.44. The lowest BCUT2D eigenvalue weighted by molar-refractivity contribution is 0.0243. The monoisotopic (exact) mass is 356 g/mol. The SMILES string of the molecule is O=C(c1cc(Cl)ccc1Cl)N1CCC(CN2CCOCC2)CC1. The van der Waals surface area contributed by atoms with Crippen molar-refractivity contribution in [3.8, 4) is 0 Å². The van der Waals surface area contributed by atoms with Crippen molar-refractivity contribution in [3.63, 3.8) is 0 Å². The lowest BCUT2D eigenvalue weighted by atomic mass is 9.95. The van der Waals surface area contributed by atoms with Gasteiger partial charge in [0.1, 0.15) is 0 Å². The predicted molar refractivity (Wildman–Crippen MR) is 92.3 cm³/mol. The zero-order valence-corrected chi connectivity index (χ0v) is 14.7. The largest absolute Gasteiger partial charge is 0.379 e. The third-order valence-electron chi connectivity index (χ3n) is 4.68. The summed E-state index contributed by atoms with van der Waals surface area (Å²) in [6, 6.07) is 5.05. The first kappa shape index (κ1) is 17.0. The van der Waals surface area contributed by atoms with Gasteiger partial charge in [0, 0.05) is 37.7 Å². The summed E-state index contributed by atoms with van der Waals surface area (Å²) in [4.78, 5) is 17.0. The molecular weight excluding hydrogens is 335 g/mol. The minimum absolute atomic E-state index is 0.0117. The van der Waals surface area contributed by atoms with Gasteiger partial charge in [0.25, 0.3) is 5.91 Å². The predicted octanol–water partition coefficient (Wildman–Crippen LogP) is 3.18. The fourth-order valence-electron chi connectivity index (χ4n) is 3.30. The Kier molecular flexibility index (Phi) is 5.81.